The molecule has 1 fully saturated rings. The Morgan fingerprint density at radius 3 is 2.00 bits per heavy atom. The molecular formula is C19H21F2N2O7-3. The minimum Gasteiger partial charge on any atom is -0.545 e. The molecule has 0 spiro atoms. The number of halogens is 2. The third kappa shape index (κ3) is 8.43. The van der Waals surface area contributed by atoms with Gasteiger partial charge in [-0.25, -0.2) is 0 Å². The van der Waals surface area contributed by atoms with Crippen molar-refractivity contribution in [3.63, 3.8) is 0 Å². The van der Waals surface area contributed by atoms with E-state index in [1.807, 2.05) is 4.90 Å². The van der Waals surface area contributed by atoms with E-state index in [1.54, 1.807) is 32.0 Å². The van der Waals surface area contributed by atoms with Crippen LogP contribution < -0.4 is 20.1 Å². The normalized spacial score (nSPS) is 19.3. The Hall–Kier alpha value is -3.21. The van der Waals surface area contributed by atoms with E-state index in [0.717, 1.165) is 0 Å². The van der Waals surface area contributed by atoms with Crippen LogP contribution in [0.1, 0.15) is 19.4 Å². The van der Waals surface area contributed by atoms with Crippen molar-refractivity contribution in [1.29, 1.82) is 0 Å². The molecule has 0 radical (unpaired) electrons. The zero-order valence-electron chi connectivity index (χ0n) is 16.3. The first-order chi connectivity index (χ1) is 14.0. The number of carboxylic acids is 2. The summed E-state index contributed by atoms with van der Waals surface area (Å²) in [6.45, 7) is 2.20. The highest BCUT2D eigenvalue weighted by atomic mass is 19.3. The molecule has 1 amide bonds. The molecule has 1 aromatic carbocycles. The summed E-state index contributed by atoms with van der Waals surface area (Å²) in [5.74, 6) is -2.94. The molecule has 1 heterocycles. The van der Waals surface area contributed by atoms with Gasteiger partial charge in [0.25, 0.3) is 0 Å². The fourth-order valence-electron chi connectivity index (χ4n) is 3.14. The Morgan fingerprint density at radius 2 is 1.57 bits per heavy atom. The minimum absolute atomic E-state index is 0.153. The summed E-state index contributed by atoms with van der Waals surface area (Å²) in [6.07, 6.45) is -0.411. The van der Waals surface area contributed by atoms with E-state index in [1.165, 1.54) is 11.0 Å². The number of carbonyl (C=O) groups excluding carboxylic acids is 3. The monoisotopic (exact) mass is 427 g/mol. The number of piperazine rings is 1. The van der Waals surface area contributed by atoms with E-state index < -0.39 is 24.6 Å². The van der Waals surface area contributed by atoms with Crippen molar-refractivity contribution >= 4 is 18.0 Å². The summed E-state index contributed by atoms with van der Waals surface area (Å²) in [6, 6.07) is 6.22. The molecule has 9 nitrogen and oxygen atoms in total. The lowest BCUT2D eigenvalue weighted by atomic mass is 10.1. The van der Waals surface area contributed by atoms with Crippen molar-refractivity contribution in [2.75, 3.05) is 13.1 Å². The van der Waals surface area contributed by atoms with E-state index in [9.17, 15) is 38.5 Å². The number of carboxylic acid groups (broad SMARTS) is 3. The van der Waals surface area contributed by atoms with Gasteiger partial charge in [0, 0.05) is 37.3 Å². The lowest BCUT2D eigenvalue weighted by molar-refractivity contribution is -0.301. The molecule has 0 saturated carbocycles. The van der Waals surface area contributed by atoms with Gasteiger partial charge in [0.1, 0.15) is 11.8 Å². The lowest BCUT2D eigenvalue weighted by Gasteiger charge is -2.46. The van der Waals surface area contributed by atoms with Crippen molar-refractivity contribution in [1.82, 2.24) is 9.80 Å². The summed E-state index contributed by atoms with van der Waals surface area (Å²) in [7, 11) is 0. The van der Waals surface area contributed by atoms with Crippen molar-refractivity contribution in [3.05, 3.63) is 42.0 Å². The van der Waals surface area contributed by atoms with Crippen LogP contribution in [-0.2, 0) is 16.1 Å². The minimum atomic E-state index is -2.87. The molecule has 0 aromatic heterocycles. The highest BCUT2D eigenvalue weighted by Crippen LogP contribution is 2.24. The molecular weight excluding hydrogens is 406 g/mol. The maximum absolute atomic E-state index is 12.4. The van der Waals surface area contributed by atoms with Crippen molar-refractivity contribution in [2.45, 2.75) is 39.1 Å². The van der Waals surface area contributed by atoms with Gasteiger partial charge >= 0.3 is 6.61 Å². The zero-order chi connectivity index (χ0) is 22.8. The third-order valence-electron chi connectivity index (χ3n) is 4.14. The number of para-hydroxylation sites is 1. The van der Waals surface area contributed by atoms with Gasteiger partial charge in [-0.3, -0.25) is 4.90 Å². The molecule has 0 aliphatic carbocycles. The molecule has 1 aromatic rings. The summed E-state index contributed by atoms with van der Waals surface area (Å²) >= 11 is 0. The van der Waals surface area contributed by atoms with Crippen LogP contribution in [0.2, 0.25) is 0 Å². The summed E-state index contributed by atoms with van der Waals surface area (Å²) in [4.78, 5) is 33.3. The maximum Gasteiger partial charge on any atom is 0.387 e. The molecule has 30 heavy (non-hydrogen) atoms. The van der Waals surface area contributed by atoms with Crippen molar-refractivity contribution < 1.29 is 43.2 Å². The Kier molecular flexibility index (Phi) is 9.69. The Morgan fingerprint density at radius 1 is 1.07 bits per heavy atom. The van der Waals surface area contributed by atoms with Crippen LogP contribution in [0.3, 0.4) is 0 Å². The third-order valence-corrected chi connectivity index (χ3v) is 4.14. The Bertz CT molecular complexity index is 745. The molecule has 1 aliphatic rings. The van der Waals surface area contributed by atoms with Crippen LogP contribution in [0.15, 0.2) is 36.4 Å². The topological polar surface area (TPSA) is 136 Å². The number of hydrogen-bond donors (Lipinski definition) is 0. The van der Waals surface area contributed by atoms with Crippen LogP contribution >= 0.6 is 0 Å². The number of alkyl halides is 2. The van der Waals surface area contributed by atoms with Gasteiger partial charge in [-0.15, -0.1) is 0 Å². The first kappa shape index (κ1) is 24.8. The molecule has 2 unspecified atom stereocenters. The van der Waals surface area contributed by atoms with E-state index in [2.05, 4.69) is 4.74 Å². The molecule has 1 aliphatic heterocycles. The highest BCUT2D eigenvalue weighted by Gasteiger charge is 2.29. The van der Waals surface area contributed by atoms with Gasteiger partial charge in [-0.05, 0) is 32.1 Å². The smallest absolute Gasteiger partial charge is 0.387 e. The van der Waals surface area contributed by atoms with Crippen LogP contribution in [0.4, 0.5) is 13.6 Å². The van der Waals surface area contributed by atoms with Crippen molar-refractivity contribution in [3.8, 4) is 5.75 Å². The molecule has 0 bridgehead atoms. The van der Waals surface area contributed by atoms with Crippen molar-refractivity contribution in [2.24, 2.45) is 0 Å². The number of nitrogens with zero attached hydrogens (tertiary/aromatic N) is 2. The second kappa shape index (κ2) is 11.7. The number of ether oxygens (including phenoxy) is 1. The van der Waals surface area contributed by atoms with Gasteiger partial charge in [0.15, 0.2) is 0 Å². The largest absolute Gasteiger partial charge is 0.545 e. The predicted molar refractivity (Wildman–Crippen MR) is 93.7 cm³/mol. The van der Waals surface area contributed by atoms with Gasteiger partial charge in [-0.2, -0.15) is 8.78 Å². The number of aliphatic carboxylic acids is 2. The molecule has 1 saturated heterocycles. The summed E-state index contributed by atoms with van der Waals surface area (Å²) in [5.41, 5.74) is 0.657. The number of carbonyl (C=O) groups is 3. The Labute approximate surface area is 171 Å². The lowest BCUT2D eigenvalue weighted by Crippen LogP contribution is -2.61. The van der Waals surface area contributed by atoms with E-state index in [4.69, 9.17) is 0 Å². The fourth-order valence-corrected chi connectivity index (χ4v) is 3.14. The van der Waals surface area contributed by atoms with E-state index >= 15 is 0 Å². The van der Waals surface area contributed by atoms with Gasteiger partial charge < -0.3 is 39.3 Å². The molecule has 11 heteroatoms. The number of benzene rings is 1. The van der Waals surface area contributed by atoms with Crippen LogP contribution in [0.25, 0.3) is 0 Å². The number of rotatable bonds is 6. The van der Waals surface area contributed by atoms with E-state index in [0.29, 0.717) is 37.3 Å². The van der Waals surface area contributed by atoms with Crippen LogP contribution in [-0.4, -0.2) is 59.6 Å². The zero-order valence-corrected chi connectivity index (χ0v) is 16.3. The predicted octanol–water partition coefficient (Wildman–Crippen LogP) is -1.43. The first-order valence-electron chi connectivity index (χ1n) is 8.85. The molecule has 2 atom stereocenters. The second-order valence-corrected chi connectivity index (χ2v) is 6.52. The van der Waals surface area contributed by atoms with Crippen LogP contribution in [0, 0.1) is 0 Å². The fraction of sp³-hybridized carbons (Fsp3) is 0.421. The highest BCUT2D eigenvalue weighted by molar-refractivity contribution is 5.87. The Balaban J connectivity index is 0.000000479. The van der Waals surface area contributed by atoms with Gasteiger partial charge in [0.05, 0.1) is 11.9 Å². The molecule has 166 valence electrons. The summed E-state index contributed by atoms with van der Waals surface area (Å²) in [5, 5.41) is 29.9. The van der Waals surface area contributed by atoms with Gasteiger partial charge in [-0.1, -0.05) is 18.2 Å². The quantitative estimate of drug-likeness (QED) is 0.504. The van der Waals surface area contributed by atoms with E-state index in [-0.39, 0.29) is 17.8 Å². The summed E-state index contributed by atoms with van der Waals surface area (Å²) < 4.78 is 29.4. The van der Waals surface area contributed by atoms with Crippen LogP contribution in [0.5, 0.6) is 5.75 Å². The SMILES string of the molecule is CC1CN(Cc2ccccc2OC(F)F)CC(C)N1C(=O)[O-].O=C([O-])/C=C/C(=O)[O-]. The first-order valence-corrected chi connectivity index (χ1v) is 8.85. The second-order valence-electron chi connectivity index (χ2n) is 6.52. The average molecular weight is 427 g/mol. The molecule has 2 rings (SSSR count). The molecule has 0 N–H and O–H groups in total. The number of hydrogen-bond acceptors (Lipinski definition) is 8. The number of amides is 1. The van der Waals surface area contributed by atoms with Gasteiger partial charge in [0.2, 0.25) is 0 Å². The maximum atomic E-state index is 12.4. The average Bonchev–Trinajstić information content (AvgIpc) is 2.61. The standard InChI is InChI=1S/C15H20F2N2O3.C4H4O4/c1-10-7-18(8-11(2)19(10)15(20)21)9-12-5-3-4-6-13(12)22-14(16)17;5-3(6)1-2-4(7)8/h3-6,10-11,14H,7-9H2,1-2H3,(H,20,21);1-2H,(H,5,6)(H,7,8)/p-3/b;2-1+.